The van der Waals surface area contributed by atoms with Crippen molar-refractivity contribution in [2.24, 2.45) is 0 Å². The minimum absolute atomic E-state index is 0.0702. The second kappa shape index (κ2) is 9.10. The van der Waals surface area contributed by atoms with Gasteiger partial charge in [-0.25, -0.2) is 9.97 Å². The second-order valence-electron chi connectivity index (χ2n) is 9.39. The lowest BCUT2D eigenvalue weighted by Crippen LogP contribution is -2.28. The first-order chi connectivity index (χ1) is 16.5. The van der Waals surface area contributed by atoms with E-state index in [2.05, 4.69) is 38.7 Å². The number of hydrogen-bond donors (Lipinski definition) is 1. The number of nitrogens with two attached hydrogens (primary N) is 1. The number of carbonyl (C=O) groups excluding carboxylic acids is 1. The third-order valence-electron chi connectivity index (χ3n) is 7.05. The van der Waals surface area contributed by atoms with E-state index in [9.17, 15) is 4.79 Å². The van der Waals surface area contributed by atoms with Crippen LogP contribution in [0.3, 0.4) is 0 Å². The summed E-state index contributed by atoms with van der Waals surface area (Å²) in [5.41, 5.74) is 10.2. The Morgan fingerprint density at radius 2 is 2.12 bits per heavy atom. The second-order valence-corrected chi connectivity index (χ2v) is 9.39. The molecule has 0 unspecified atom stereocenters. The van der Waals surface area contributed by atoms with Gasteiger partial charge < -0.3 is 19.9 Å². The van der Waals surface area contributed by atoms with Crippen molar-refractivity contribution in [3.8, 4) is 16.9 Å². The van der Waals surface area contributed by atoms with Crippen molar-refractivity contribution in [3.63, 3.8) is 0 Å². The van der Waals surface area contributed by atoms with Crippen LogP contribution in [0, 0.1) is 6.92 Å². The Labute approximate surface area is 200 Å². The van der Waals surface area contributed by atoms with Gasteiger partial charge in [0.25, 0.3) is 0 Å². The van der Waals surface area contributed by atoms with E-state index >= 15 is 0 Å². The van der Waals surface area contributed by atoms with Gasteiger partial charge in [0.1, 0.15) is 23.5 Å². The van der Waals surface area contributed by atoms with Gasteiger partial charge in [0.15, 0.2) is 0 Å². The van der Waals surface area contributed by atoms with Gasteiger partial charge in [-0.1, -0.05) is 18.2 Å². The lowest BCUT2D eigenvalue weighted by molar-refractivity contribution is -0.125. The molecule has 1 saturated carbocycles. The molecular formula is C26H32N6O2. The molecule has 3 heterocycles. The third-order valence-corrected chi connectivity index (χ3v) is 7.05. The first-order valence-corrected chi connectivity index (χ1v) is 11.9. The lowest BCUT2D eigenvalue weighted by atomic mass is 10.0. The molecule has 2 fully saturated rings. The molecule has 2 N–H and O–H groups in total. The van der Waals surface area contributed by atoms with Gasteiger partial charge in [0.05, 0.1) is 18.5 Å². The van der Waals surface area contributed by atoms with E-state index in [0.29, 0.717) is 18.4 Å². The maximum atomic E-state index is 12.8. The fraction of sp³-hybridized carbons (Fsp3) is 0.423. The number of carbonyl (C=O) groups is 1. The van der Waals surface area contributed by atoms with Crippen LogP contribution in [0.4, 0.5) is 5.82 Å². The van der Waals surface area contributed by atoms with Crippen molar-refractivity contribution >= 4 is 22.8 Å². The van der Waals surface area contributed by atoms with E-state index in [-0.39, 0.29) is 11.9 Å². The summed E-state index contributed by atoms with van der Waals surface area (Å²) in [7, 11) is 3.79. The third kappa shape index (κ3) is 4.25. The van der Waals surface area contributed by atoms with Crippen LogP contribution in [-0.2, 0) is 4.79 Å². The predicted molar refractivity (Wildman–Crippen MR) is 134 cm³/mol. The molecular weight excluding hydrogens is 428 g/mol. The Balaban J connectivity index is 1.39. The number of anilines is 1. The summed E-state index contributed by atoms with van der Waals surface area (Å²) in [6.45, 7) is 4.20. The van der Waals surface area contributed by atoms with Crippen molar-refractivity contribution in [2.45, 2.75) is 38.3 Å². The van der Waals surface area contributed by atoms with Crippen LogP contribution in [-0.4, -0.2) is 70.1 Å². The maximum Gasteiger partial charge on any atom is 0.246 e. The molecule has 0 radical (unpaired) electrons. The monoisotopic (exact) mass is 460 g/mol. The first-order valence-electron chi connectivity index (χ1n) is 11.9. The number of likely N-dealkylation sites (tertiary alicyclic amines) is 1. The number of hydrogen-bond acceptors (Lipinski definition) is 6. The maximum absolute atomic E-state index is 12.8. The van der Waals surface area contributed by atoms with Crippen LogP contribution < -0.4 is 10.5 Å². The number of ether oxygens (including phenoxy) is 1. The molecule has 8 heteroatoms. The summed E-state index contributed by atoms with van der Waals surface area (Å²) in [4.78, 5) is 25.8. The van der Waals surface area contributed by atoms with E-state index in [1.807, 2.05) is 30.0 Å². The van der Waals surface area contributed by atoms with Gasteiger partial charge in [-0.3, -0.25) is 9.69 Å². The number of rotatable bonds is 7. The number of methoxy groups -OCH3 is 1. The lowest BCUT2D eigenvalue weighted by Gasteiger charge is -2.16. The SMILES string of the molecule is COc1cc(-c2cn([C@@H]3CCN(C(=O)/C=C/CN(C)C4CC4)C3)c3ncnc(N)c23)ccc1C. The molecule has 8 nitrogen and oxygen atoms in total. The van der Waals surface area contributed by atoms with Crippen molar-refractivity contribution in [1.29, 1.82) is 0 Å². The van der Waals surface area contributed by atoms with E-state index in [4.69, 9.17) is 10.5 Å². The van der Waals surface area contributed by atoms with Crippen molar-refractivity contribution in [1.82, 2.24) is 24.3 Å². The quantitative estimate of drug-likeness (QED) is 0.544. The highest BCUT2D eigenvalue weighted by atomic mass is 16.5. The number of likely N-dealkylation sites (N-methyl/N-ethyl adjacent to an activating group) is 1. The summed E-state index contributed by atoms with van der Waals surface area (Å²) < 4.78 is 7.70. The normalized spacial score (nSPS) is 18.5. The van der Waals surface area contributed by atoms with E-state index in [1.54, 1.807) is 13.2 Å². The Kier molecular flexibility index (Phi) is 6.00. The largest absolute Gasteiger partial charge is 0.496 e. The molecule has 178 valence electrons. The molecule has 2 aliphatic rings. The van der Waals surface area contributed by atoms with Crippen LogP contribution in [0.1, 0.15) is 30.9 Å². The Bertz CT molecular complexity index is 1250. The molecule has 1 saturated heterocycles. The summed E-state index contributed by atoms with van der Waals surface area (Å²) in [5, 5.41) is 0.834. The molecule has 34 heavy (non-hydrogen) atoms. The molecule has 1 aromatic carbocycles. The van der Waals surface area contributed by atoms with Crippen molar-refractivity contribution < 1.29 is 9.53 Å². The van der Waals surface area contributed by atoms with E-state index < -0.39 is 0 Å². The summed E-state index contributed by atoms with van der Waals surface area (Å²) in [6.07, 6.45) is 10.7. The van der Waals surface area contributed by atoms with Crippen LogP contribution in [0.15, 0.2) is 42.9 Å². The Morgan fingerprint density at radius 1 is 1.29 bits per heavy atom. The average molecular weight is 461 g/mol. The van der Waals surface area contributed by atoms with Gasteiger partial charge >= 0.3 is 0 Å². The zero-order valence-corrected chi connectivity index (χ0v) is 20.1. The van der Waals surface area contributed by atoms with E-state index in [0.717, 1.165) is 53.0 Å². The minimum Gasteiger partial charge on any atom is -0.496 e. The number of benzene rings is 1. The number of amides is 1. The summed E-state index contributed by atoms with van der Waals surface area (Å²) in [6, 6.07) is 6.95. The number of nitrogens with zero attached hydrogens (tertiary/aromatic N) is 5. The number of fused-ring (bicyclic) bond motifs is 1. The van der Waals surface area contributed by atoms with Gasteiger partial charge in [0, 0.05) is 43.5 Å². The molecule has 1 atom stereocenters. The van der Waals surface area contributed by atoms with Crippen LogP contribution in [0.2, 0.25) is 0 Å². The summed E-state index contributed by atoms with van der Waals surface area (Å²) >= 11 is 0. The fourth-order valence-corrected chi connectivity index (χ4v) is 4.85. The van der Waals surface area contributed by atoms with Crippen LogP contribution >= 0.6 is 0 Å². The van der Waals surface area contributed by atoms with Gasteiger partial charge in [-0.05, 0) is 50.4 Å². The molecule has 2 aromatic heterocycles. The zero-order valence-electron chi connectivity index (χ0n) is 20.1. The Morgan fingerprint density at radius 3 is 2.88 bits per heavy atom. The average Bonchev–Trinajstić information content (AvgIpc) is 3.44. The number of aryl methyl sites for hydroxylation is 1. The van der Waals surface area contributed by atoms with Crippen molar-refractivity contribution in [3.05, 3.63) is 48.4 Å². The zero-order chi connectivity index (χ0) is 23.8. The predicted octanol–water partition coefficient (Wildman–Crippen LogP) is 3.42. The number of aromatic nitrogens is 3. The first kappa shape index (κ1) is 22.4. The molecule has 1 aliphatic heterocycles. The smallest absolute Gasteiger partial charge is 0.246 e. The highest BCUT2D eigenvalue weighted by Gasteiger charge is 2.29. The van der Waals surface area contributed by atoms with Crippen LogP contribution in [0.25, 0.3) is 22.2 Å². The highest BCUT2D eigenvalue weighted by Crippen LogP contribution is 2.38. The Hall–Kier alpha value is -3.39. The van der Waals surface area contributed by atoms with Gasteiger partial charge in [-0.15, -0.1) is 0 Å². The highest BCUT2D eigenvalue weighted by molar-refractivity contribution is 6.01. The molecule has 3 aromatic rings. The molecule has 0 spiro atoms. The molecule has 1 aliphatic carbocycles. The van der Waals surface area contributed by atoms with Crippen molar-refractivity contribution in [2.75, 3.05) is 39.5 Å². The van der Waals surface area contributed by atoms with E-state index in [1.165, 1.54) is 19.2 Å². The van der Waals surface area contributed by atoms with Crippen LogP contribution in [0.5, 0.6) is 5.75 Å². The number of nitrogen functional groups attached to an aromatic ring is 1. The minimum atomic E-state index is 0.0702. The standard InChI is InChI=1S/C26H32N6O2/c1-17-6-7-18(13-22(17)34-3)21-15-32(26-24(21)25(27)28-16-29-26)20-10-12-31(14-20)23(33)5-4-11-30(2)19-8-9-19/h4-7,13,15-16,19-20H,8-12,14H2,1-3H3,(H2,27,28,29)/b5-4+/t20-/m1/s1. The molecule has 0 bridgehead atoms. The molecule has 5 rings (SSSR count). The topological polar surface area (TPSA) is 89.5 Å². The van der Waals surface area contributed by atoms with Gasteiger partial charge in [0.2, 0.25) is 5.91 Å². The fourth-order valence-electron chi connectivity index (χ4n) is 4.85. The molecule has 1 amide bonds. The van der Waals surface area contributed by atoms with Gasteiger partial charge in [-0.2, -0.15) is 0 Å². The summed E-state index contributed by atoms with van der Waals surface area (Å²) in [5.74, 6) is 1.35.